The minimum Gasteiger partial charge on any atom is -0.508 e. The van der Waals surface area contributed by atoms with Gasteiger partial charge in [0, 0.05) is 0 Å². The molecule has 0 bridgehead atoms. The molecule has 2 N–H and O–H groups in total. The maximum Gasteiger partial charge on any atom is 0.261 e. The van der Waals surface area contributed by atoms with E-state index in [0.29, 0.717) is 4.88 Å². The molecule has 1 aromatic carbocycles. The van der Waals surface area contributed by atoms with Crippen LogP contribution in [-0.2, 0) is 0 Å². The summed E-state index contributed by atoms with van der Waals surface area (Å²) in [4.78, 5) is 12.6. The van der Waals surface area contributed by atoms with Gasteiger partial charge < -0.3 is 10.4 Å². The zero-order chi connectivity index (χ0) is 13.1. The number of halogens is 1. The molecule has 1 atom stereocenters. The van der Waals surface area contributed by atoms with Gasteiger partial charge in [-0.15, -0.1) is 11.3 Å². The van der Waals surface area contributed by atoms with Gasteiger partial charge in [-0.2, -0.15) is 0 Å². The third-order valence-electron chi connectivity index (χ3n) is 2.51. The van der Waals surface area contributed by atoms with Gasteiger partial charge in [-0.25, -0.2) is 0 Å². The zero-order valence-electron chi connectivity index (χ0n) is 9.68. The minimum absolute atomic E-state index is 0.110. The van der Waals surface area contributed by atoms with Gasteiger partial charge in [-0.1, -0.05) is 12.1 Å². The Kier molecular flexibility index (Phi) is 4.04. The van der Waals surface area contributed by atoms with Gasteiger partial charge in [0.2, 0.25) is 0 Å². The predicted octanol–water partition coefficient (Wildman–Crippen LogP) is 3.71. The van der Waals surface area contributed by atoms with Gasteiger partial charge in [0.05, 0.1) is 14.7 Å². The third-order valence-corrected chi connectivity index (χ3v) is 4.14. The zero-order valence-corrected chi connectivity index (χ0v) is 12.1. The lowest BCUT2D eigenvalue weighted by Crippen LogP contribution is -2.25. The molecule has 1 heterocycles. The smallest absolute Gasteiger partial charge is 0.261 e. The molecule has 0 saturated carbocycles. The first kappa shape index (κ1) is 13.1. The van der Waals surface area contributed by atoms with Crippen LogP contribution in [0.5, 0.6) is 5.75 Å². The van der Waals surface area contributed by atoms with E-state index in [1.165, 1.54) is 11.3 Å². The van der Waals surface area contributed by atoms with Crippen molar-refractivity contribution in [3.8, 4) is 5.75 Å². The second-order valence-corrected chi connectivity index (χ2v) is 6.36. The summed E-state index contributed by atoms with van der Waals surface area (Å²) in [5.74, 6) is 0.0917. The number of phenolic OH excluding ortho intramolecular Hbond substituents is 1. The first-order valence-electron chi connectivity index (χ1n) is 5.41. The summed E-state index contributed by atoms with van der Waals surface area (Å²) in [5, 5.41) is 12.3. The normalized spacial score (nSPS) is 12.1. The fourth-order valence-corrected chi connectivity index (χ4v) is 2.87. The fraction of sp³-hybridized carbons (Fsp3) is 0.154. The molecule has 0 spiro atoms. The van der Waals surface area contributed by atoms with Gasteiger partial charge in [-0.3, -0.25) is 4.79 Å². The topological polar surface area (TPSA) is 49.3 Å². The first-order valence-corrected chi connectivity index (χ1v) is 7.02. The van der Waals surface area contributed by atoms with Crippen molar-refractivity contribution in [3.05, 3.63) is 50.6 Å². The Hall–Kier alpha value is -1.33. The predicted molar refractivity (Wildman–Crippen MR) is 76.0 cm³/mol. The van der Waals surface area contributed by atoms with E-state index >= 15 is 0 Å². The van der Waals surface area contributed by atoms with Crippen molar-refractivity contribution in [2.24, 2.45) is 0 Å². The molecule has 1 aromatic heterocycles. The molecule has 18 heavy (non-hydrogen) atoms. The highest BCUT2D eigenvalue weighted by Crippen LogP contribution is 2.23. The van der Waals surface area contributed by atoms with Crippen LogP contribution in [0.1, 0.15) is 28.2 Å². The fourth-order valence-electron chi connectivity index (χ4n) is 1.58. The number of benzene rings is 1. The molecule has 0 saturated heterocycles. The van der Waals surface area contributed by atoms with E-state index < -0.39 is 0 Å². The van der Waals surface area contributed by atoms with Crippen LogP contribution in [0.15, 0.2) is 40.2 Å². The van der Waals surface area contributed by atoms with E-state index in [1.807, 2.05) is 19.1 Å². The molecule has 0 radical (unpaired) electrons. The Morgan fingerprint density at radius 1 is 1.39 bits per heavy atom. The van der Waals surface area contributed by atoms with Crippen LogP contribution in [-0.4, -0.2) is 11.0 Å². The van der Waals surface area contributed by atoms with Crippen molar-refractivity contribution in [2.45, 2.75) is 13.0 Å². The van der Waals surface area contributed by atoms with Crippen molar-refractivity contribution in [3.63, 3.8) is 0 Å². The molecule has 0 unspecified atom stereocenters. The number of hydrogen-bond acceptors (Lipinski definition) is 3. The van der Waals surface area contributed by atoms with E-state index in [0.717, 1.165) is 9.35 Å². The third kappa shape index (κ3) is 3.11. The summed E-state index contributed by atoms with van der Waals surface area (Å²) in [6, 6.07) is 10.4. The minimum atomic E-state index is -0.148. The van der Waals surface area contributed by atoms with Crippen LogP contribution in [0.25, 0.3) is 0 Å². The number of carbonyl (C=O) groups is 1. The highest BCUT2D eigenvalue weighted by atomic mass is 79.9. The standard InChI is InChI=1S/C13H12BrNO2S/c1-8(9-3-2-4-10(16)7-9)15-13(17)11-5-6-12(14)18-11/h2-8,16H,1H3,(H,15,17)/t8-/m0/s1. The molecule has 94 valence electrons. The van der Waals surface area contributed by atoms with Crippen molar-refractivity contribution >= 4 is 33.2 Å². The van der Waals surface area contributed by atoms with Crippen LogP contribution in [0.2, 0.25) is 0 Å². The van der Waals surface area contributed by atoms with E-state index in [2.05, 4.69) is 21.2 Å². The summed E-state index contributed by atoms with van der Waals surface area (Å²) in [6.45, 7) is 1.88. The average molecular weight is 326 g/mol. The number of amides is 1. The van der Waals surface area contributed by atoms with Gasteiger partial charge in [-0.05, 0) is 52.7 Å². The SMILES string of the molecule is C[C@H](NC(=O)c1ccc(Br)s1)c1cccc(O)c1. The van der Waals surface area contributed by atoms with Crippen LogP contribution in [0, 0.1) is 0 Å². The van der Waals surface area contributed by atoms with Gasteiger partial charge >= 0.3 is 0 Å². The van der Waals surface area contributed by atoms with Crippen molar-refractivity contribution in [2.75, 3.05) is 0 Å². The summed E-state index contributed by atoms with van der Waals surface area (Å²) < 4.78 is 0.928. The Labute approximate surface area is 118 Å². The Morgan fingerprint density at radius 2 is 2.17 bits per heavy atom. The number of phenols is 1. The second kappa shape index (κ2) is 5.54. The highest BCUT2D eigenvalue weighted by molar-refractivity contribution is 9.11. The second-order valence-electron chi connectivity index (χ2n) is 3.89. The summed E-state index contributed by atoms with van der Waals surface area (Å²) in [7, 11) is 0. The van der Waals surface area contributed by atoms with Crippen molar-refractivity contribution < 1.29 is 9.90 Å². The largest absolute Gasteiger partial charge is 0.508 e. The Morgan fingerprint density at radius 3 is 2.78 bits per heavy atom. The van der Waals surface area contributed by atoms with Crippen molar-refractivity contribution in [1.82, 2.24) is 5.32 Å². The van der Waals surface area contributed by atoms with Gasteiger partial charge in [0.1, 0.15) is 5.75 Å². The van der Waals surface area contributed by atoms with Gasteiger partial charge in [0.25, 0.3) is 5.91 Å². The van der Waals surface area contributed by atoms with E-state index in [9.17, 15) is 9.90 Å². The maximum atomic E-state index is 11.9. The number of thiophene rings is 1. The number of hydrogen-bond donors (Lipinski definition) is 2. The molecule has 3 nitrogen and oxygen atoms in total. The maximum absolute atomic E-state index is 11.9. The molecule has 0 aliphatic heterocycles. The number of nitrogens with one attached hydrogen (secondary N) is 1. The molecular weight excluding hydrogens is 314 g/mol. The lowest BCUT2D eigenvalue weighted by Gasteiger charge is -2.13. The summed E-state index contributed by atoms with van der Waals surface area (Å²) >= 11 is 4.72. The molecule has 5 heteroatoms. The summed E-state index contributed by atoms with van der Waals surface area (Å²) in [6.07, 6.45) is 0. The number of carbonyl (C=O) groups excluding carboxylic acids is 1. The Balaban J connectivity index is 2.07. The first-order chi connectivity index (χ1) is 8.56. The molecule has 2 rings (SSSR count). The number of aromatic hydroxyl groups is 1. The molecular formula is C13H12BrNO2S. The van der Waals surface area contributed by atoms with E-state index in [4.69, 9.17) is 0 Å². The van der Waals surface area contributed by atoms with Gasteiger partial charge in [0.15, 0.2) is 0 Å². The van der Waals surface area contributed by atoms with Crippen LogP contribution >= 0.6 is 27.3 Å². The quantitative estimate of drug-likeness (QED) is 0.903. The van der Waals surface area contributed by atoms with Crippen LogP contribution < -0.4 is 5.32 Å². The lowest BCUT2D eigenvalue weighted by atomic mass is 10.1. The molecule has 1 amide bonds. The molecule has 0 fully saturated rings. The van der Waals surface area contributed by atoms with E-state index in [1.54, 1.807) is 24.3 Å². The lowest BCUT2D eigenvalue weighted by molar-refractivity contribution is 0.0944. The van der Waals surface area contributed by atoms with Crippen molar-refractivity contribution in [1.29, 1.82) is 0 Å². The molecule has 2 aromatic rings. The summed E-state index contributed by atoms with van der Waals surface area (Å²) in [5.41, 5.74) is 0.874. The molecule has 0 aliphatic carbocycles. The monoisotopic (exact) mass is 325 g/mol. The van der Waals surface area contributed by atoms with Crippen LogP contribution in [0.3, 0.4) is 0 Å². The highest BCUT2D eigenvalue weighted by Gasteiger charge is 2.13. The average Bonchev–Trinajstić information content (AvgIpc) is 2.76. The molecule has 0 aliphatic rings. The van der Waals surface area contributed by atoms with Crippen LogP contribution in [0.4, 0.5) is 0 Å². The Bertz CT molecular complexity index is 568. The number of rotatable bonds is 3. The van der Waals surface area contributed by atoms with E-state index in [-0.39, 0.29) is 17.7 Å².